The average molecular weight is 571 g/mol. The molecule has 2 aromatic carbocycles. The van der Waals surface area contributed by atoms with E-state index >= 15 is 4.39 Å². The molecule has 1 saturated carbocycles. The zero-order chi connectivity index (χ0) is 28.0. The van der Waals surface area contributed by atoms with Gasteiger partial charge in [0.15, 0.2) is 0 Å². The fourth-order valence-electron chi connectivity index (χ4n) is 5.62. The Morgan fingerprint density at radius 3 is 2.62 bits per heavy atom. The lowest BCUT2D eigenvalue weighted by molar-refractivity contribution is -0.186. The molecule has 2 aliphatic rings. The van der Waals surface area contributed by atoms with E-state index in [0.717, 1.165) is 59.3 Å². The van der Waals surface area contributed by atoms with E-state index in [1.54, 1.807) is 18.2 Å². The molecule has 1 fully saturated rings. The van der Waals surface area contributed by atoms with E-state index in [2.05, 4.69) is 19.3 Å². The van der Waals surface area contributed by atoms with Gasteiger partial charge in [-0.05, 0) is 72.2 Å². The molecule has 0 spiro atoms. The van der Waals surface area contributed by atoms with Gasteiger partial charge < -0.3 is 19.9 Å². The number of halogens is 4. The van der Waals surface area contributed by atoms with E-state index in [-0.39, 0.29) is 18.8 Å². The molecular weight excluding hydrogens is 544 g/mol. The summed E-state index contributed by atoms with van der Waals surface area (Å²) in [6.45, 7) is -0.100. The van der Waals surface area contributed by atoms with E-state index in [1.165, 1.54) is 12.4 Å². The SMILES string of the molecule is Nc1ncnc2c1c(-c1ccc(NSc3ccc4c(c3)CN(C(=O)C(F)(F)F)CC4)c(F)c1)cn2C1CCCC1. The molecule has 7 nitrogen and oxygen atoms in total. The molecule has 0 saturated heterocycles. The van der Waals surface area contributed by atoms with Crippen molar-refractivity contribution in [3.05, 3.63) is 65.9 Å². The van der Waals surface area contributed by atoms with Crippen LogP contribution < -0.4 is 10.5 Å². The van der Waals surface area contributed by atoms with E-state index in [4.69, 9.17) is 5.73 Å². The van der Waals surface area contributed by atoms with Crippen molar-refractivity contribution in [3.63, 3.8) is 0 Å². The molecule has 12 heteroatoms. The maximum absolute atomic E-state index is 15.3. The second-order valence-electron chi connectivity index (χ2n) is 10.1. The van der Waals surface area contributed by atoms with Gasteiger partial charge in [0.05, 0.1) is 11.1 Å². The summed E-state index contributed by atoms with van der Waals surface area (Å²) in [6.07, 6.45) is 3.30. The van der Waals surface area contributed by atoms with Crippen molar-refractivity contribution in [1.82, 2.24) is 19.4 Å². The number of hydrogen-bond donors (Lipinski definition) is 2. The second-order valence-corrected chi connectivity index (χ2v) is 11.0. The Hall–Kier alpha value is -3.80. The minimum atomic E-state index is -4.90. The largest absolute Gasteiger partial charge is 0.471 e. The summed E-state index contributed by atoms with van der Waals surface area (Å²) >= 11 is 1.14. The highest BCUT2D eigenvalue weighted by molar-refractivity contribution is 8.00. The van der Waals surface area contributed by atoms with Crippen molar-refractivity contribution in [3.8, 4) is 11.1 Å². The van der Waals surface area contributed by atoms with Gasteiger partial charge in [-0.25, -0.2) is 14.4 Å². The number of nitrogens with one attached hydrogen (secondary N) is 1. The molecule has 1 aliphatic carbocycles. The highest BCUT2D eigenvalue weighted by Gasteiger charge is 2.43. The smallest absolute Gasteiger partial charge is 0.383 e. The van der Waals surface area contributed by atoms with Crippen LogP contribution in [0.2, 0.25) is 0 Å². The van der Waals surface area contributed by atoms with Gasteiger partial charge in [0, 0.05) is 35.8 Å². The highest BCUT2D eigenvalue weighted by Crippen LogP contribution is 2.39. The third kappa shape index (κ3) is 4.96. The predicted molar refractivity (Wildman–Crippen MR) is 146 cm³/mol. The zero-order valence-electron chi connectivity index (χ0n) is 21.3. The average Bonchev–Trinajstić information content (AvgIpc) is 3.60. The minimum absolute atomic E-state index is 0.0186. The quantitative estimate of drug-likeness (QED) is 0.210. The van der Waals surface area contributed by atoms with Crippen molar-refractivity contribution in [1.29, 1.82) is 0 Å². The van der Waals surface area contributed by atoms with Crippen LogP contribution in [0.15, 0.2) is 53.8 Å². The molecule has 0 radical (unpaired) electrons. The number of rotatable bonds is 5. The van der Waals surface area contributed by atoms with Crippen LogP contribution in [0, 0.1) is 5.82 Å². The van der Waals surface area contributed by atoms with Crippen molar-refractivity contribution < 1.29 is 22.4 Å². The molecule has 1 amide bonds. The number of benzene rings is 2. The first kappa shape index (κ1) is 26.4. The number of fused-ring (bicyclic) bond motifs is 2. The summed E-state index contributed by atoms with van der Waals surface area (Å²) in [5, 5.41) is 0.705. The van der Waals surface area contributed by atoms with Crippen LogP contribution in [-0.2, 0) is 17.8 Å². The van der Waals surface area contributed by atoms with E-state index < -0.39 is 17.9 Å². The van der Waals surface area contributed by atoms with Crippen LogP contribution >= 0.6 is 11.9 Å². The van der Waals surface area contributed by atoms with Crippen molar-refractivity contribution in [2.45, 2.75) is 55.8 Å². The van der Waals surface area contributed by atoms with Crippen molar-refractivity contribution in [2.24, 2.45) is 0 Å². The Labute approximate surface area is 231 Å². The molecular formula is C28H26F4N6OS. The first-order chi connectivity index (χ1) is 19.2. The predicted octanol–water partition coefficient (Wildman–Crippen LogP) is 6.50. The topological polar surface area (TPSA) is 89.1 Å². The fourth-order valence-corrected chi connectivity index (χ4v) is 6.35. The number of hydrogen-bond acceptors (Lipinski definition) is 6. The number of amides is 1. The summed E-state index contributed by atoms with van der Waals surface area (Å²) < 4.78 is 59.1. The van der Waals surface area contributed by atoms with Crippen LogP contribution in [0.3, 0.4) is 0 Å². The maximum Gasteiger partial charge on any atom is 0.471 e. The molecule has 0 atom stereocenters. The van der Waals surface area contributed by atoms with Gasteiger partial charge in [0.1, 0.15) is 23.6 Å². The first-order valence-corrected chi connectivity index (χ1v) is 13.8. The lowest BCUT2D eigenvalue weighted by Crippen LogP contribution is -2.43. The van der Waals surface area contributed by atoms with Crippen LogP contribution in [0.1, 0.15) is 42.9 Å². The van der Waals surface area contributed by atoms with E-state index in [1.807, 2.05) is 18.3 Å². The van der Waals surface area contributed by atoms with Crippen LogP contribution in [-0.4, -0.2) is 38.1 Å². The summed E-state index contributed by atoms with van der Waals surface area (Å²) in [5.41, 5.74) is 10.2. The molecule has 208 valence electrons. The molecule has 40 heavy (non-hydrogen) atoms. The van der Waals surface area contributed by atoms with Crippen molar-refractivity contribution in [2.75, 3.05) is 17.0 Å². The fraction of sp³-hybridized carbons (Fsp3) is 0.321. The number of carbonyl (C=O) groups is 1. The van der Waals surface area contributed by atoms with E-state index in [9.17, 15) is 18.0 Å². The molecule has 0 unspecified atom stereocenters. The lowest BCUT2D eigenvalue weighted by atomic mass is 10.00. The standard InChI is InChI=1S/C28H26F4N6OS/c29-22-12-17(21-14-38(19-3-1-2-4-19)26-24(21)25(33)34-15-35-26)6-8-23(22)36-40-20-7-5-16-9-10-37(13-18(16)11-20)27(39)28(30,31)32/h5-8,11-12,14-15,19,36H,1-4,9-10,13H2,(H2,33,34,35). The molecule has 4 aromatic rings. The number of nitrogen functional groups attached to an aromatic ring is 1. The number of anilines is 2. The third-order valence-electron chi connectivity index (χ3n) is 7.64. The molecule has 3 N–H and O–H groups in total. The summed E-state index contributed by atoms with van der Waals surface area (Å²) in [7, 11) is 0. The van der Waals surface area contributed by atoms with Gasteiger partial charge in [0.2, 0.25) is 0 Å². The van der Waals surface area contributed by atoms with E-state index in [0.29, 0.717) is 39.7 Å². The minimum Gasteiger partial charge on any atom is -0.383 e. The first-order valence-electron chi connectivity index (χ1n) is 13.0. The van der Waals surface area contributed by atoms with Gasteiger partial charge in [-0.1, -0.05) is 25.0 Å². The Kier molecular flexibility index (Phi) is 6.81. The summed E-state index contributed by atoms with van der Waals surface area (Å²) in [6, 6.07) is 10.6. The number of alkyl halides is 3. The van der Waals surface area contributed by atoms with Gasteiger partial charge >= 0.3 is 12.1 Å². The molecule has 6 rings (SSSR count). The Balaban J connectivity index is 1.21. The van der Waals surface area contributed by atoms with Crippen LogP contribution in [0.25, 0.3) is 22.2 Å². The summed E-state index contributed by atoms with van der Waals surface area (Å²) in [4.78, 5) is 21.8. The molecule has 0 bridgehead atoms. The number of carbonyl (C=O) groups excluding carboxylic acids is 1. The maximum atomic E-state index is 15.3. The Bertz CT molecular complexity index is 1600. The zero-order valence-corrected chi connectivity index (χ0v) is 22.2. The van der Waals surface area contributed by atoms with Crippen molar-refractivity contribution >= 4 is 40.4 Å². The van der Waals surface area contributed by atoms with Gasteiger partial charge in [0.25, 0.3) is 0 Å². The lowest BCUT2D eigenvalue weighted by Gasteiger charge is -2.29. The normalized spacial score (nSPS) is 15.9. The van der Waals surface area contributed by atoms with Gasteiger partial charge in [-0.3, -0.25) is 4.79 Å². The highest BCUT2D eigenvalue weighted by atomic mass is 32.2. The summed E-state index contributed by atoms with van der Waals surface area (Å²) in [5.74, 6) is -1.96. The molecule has 3 heterocycles. The monoisotopic (exact) mass is 570 g/mol. The Morgan fingerprint density at radius 2 is 1.88 bits per heavy atom. The van der Waals surface area contributed by atoms with Crippen LogP contribution in [0.4, 0.5) is 29.1 Å². The number of nitrogens with two attached hydrogens (primary N) is 1. The molecule has 2 aromatic heterocycles. The number of nitrogens with zero attached hydrogens (tertiary/aromatic N) is 4. The van der Waals surface area contributed by atoms with Gasteiger partial charge in [-0.15, -0.1) is 0 Å². The van der Waals surface area contributed by atoms with Gasteiger partial charge in [-0.2, -0.15) is 13.2 Å². The third-order valence-corrected chi connectivity index (χ3v) is 8.45. The Morgan fingerprint density at radius 1 is 1.07 bits per heavy atom. The second kappa shape index (κ2) is 10.3. The number of aromatic nitrogens is 3. The molecule has 1 aliphatic heterocycles. The van der Waals surface area contributed by atoms with Crippen LogP contribution in [0.5, 0.6) is 0 Å².